The Morgan fingerprint density at radius 1 is 1.27 bits per heavy atom. The minimum Gasteiger partial charge on any atom is -0.504 e. The minimum atomic E-state index is -1.06. The zero-order chi connectivity index (χ0) is 16.3. The number of carboxylic acid groups (broad SMARTS) is 1. The van der Waals surface area contributed by atoms with Crippen molar-refractivity contribution in [3.63, 3.8) is 0 Å². The second-order valence-corrected chi connectivity index (χ2v) is 6.15. The quantitative estimate of drug-likeness (QED) is 0.606. The molecular weight excluding hydrogens is 372 g/mol. The molecule has 0 spiro atoms. The van der Waals surface area contributed by atoms with Gasteiger partial charge in [0.05, 0.1) is 12.0 Å². The van der Waals surface area contributed by atoms with Crippen LogP contribution in [-0.4, -0.2) is 29.1 Å². The Morgan fingerprint density at radius 2 is 1.95 bits per heavy atom. The Bertz CT molecular complexity index is 763. The number of aromatic hydroxyl groups is 1. The first-order valence-electron chi connectivity index (χ1n) is 6.04. The van der Waals surface area contributed by atoms with Crippen LogP contribution in [0.1, 0.15) is 24.9 Å². The Labute approximate surface area is 138 Å². The van der Waals surface area contributed by atoms with Crippen molar-refractivity contribution in [2.24, 2.45) is 0 Å². The molecule has 0 bridgehead atoms. The maximum Gasteiger partial charge on any atom is 0.345 e. The number of hydrogen-bond donors (Lipinski definition) is 2. The molecule has 0 aliphatic rings. The van der Waals surface area contributed by atoms with Gasteiger partial charge in [-0.25, -0.2) is 4.79 Å². The molecule has 2 rings (SSSR count). The summed E-state index contributed by atoms with van der Waals surface area (Å²) < 4.78 is 5.63. The van der Waals surface area contributed by atoms with Gasteiger partial charge in [0.1, 0.15) is 4.88 Å². The predicted octanol–water partition coefficient (Wildman–Crippen LogP) is 3.82. The molecule has 1 aromatic heterocycles. The fourth-order valence-corrected chi connectivity index (χ4v) is 2.90. The van der Waals surface area contributed by atoms with Crippen LogP contribution in [0.2, 0.25) is 0 Å². The zero-order valence-electron chi connectivity index (χ0n) is 11.4. The number of rotatable bonds is 5. The Hall–Kier alpha value is -2.12. The lowest BCUT2D eigenvalue weighted by Gasteiger charge is -2.06. The number of phenolic OH excluding ortho intramolecular Hbond substituents is 1. The van der Waals surface area contributed by atoms with Gasteiger partial charge in [-0.05, 0) is 42.0 Å². The SMILES string of the molecule is COc1cc(Br)c(/C=C/C(=O)c2ccc(C(=O)O)s2)cc1O. The number of carboxylic acids is 1. The number of carbonyl (C=O) groups excluding carboxylic acids is 1. The number of phenols is 1. The molecule has 2 N–H and O–H groups in total. The zero-order valence-corrected chi connectivity index (χ0v) is 13.8. The number of carbonyl (C=O) groups is 2. The fraction of sp³-hybridized carbons (Fsp3) is 0.0667. The van der Waals surface area contributed by atoms with E-state index in [1.54, 1.807) is 6.07 Å². The summed E-state index contributed by atoms with van der Waals surface area (Å²) in [6.07, 6.45) is 2.86. The highest BCUT2D eigenvalue weighted by Gasteiger charge is 2.11. The van der Waals surface area contributed by atoms with Gasteiger partial charge in [-0.15, -0.1) is 11.3 Å². The van der Waals surface area contributed by atoms with E-state index in [1.165, 1.54) is 37.5 Å². The Morgan fingerprint density at radius 3 is 2.55 bits per heavy atom. The van der Waals surface area contributed by atoms with Crippen molar-refractivity contribution in [3.8, 4) is 11.5 Å². The molecule has 0 fully saturated rings. The summed E-state index contributed by atoms with van der Waals surface area (Å²) >= 11 is 4.24. The van der Waals surface area contributed by atoms with Gasteiger partial charge in [-0.1, -0.05) is 15.9 Å². The number of methoxy groups -OCH3 is 1. The van der Waals surface area contributed by atoms with Gasteiger partial charge in [0.25, 0.3) is 0 Å². The molecule has 1 aromatic carbocycles. The number of allylic oxidation sites excluding steroid dienone is 1. The second-order valence-electron chi connectivity index (χ2n) is 4.21. The number of ether oxygens (including phenoxy) is 1. The van der Waals surface area contributed by atoms with Crippen molar-refractivity contribution in [1.29, 1.82) is 0 Å². The highest BCUT2D eigenvalue weighted by atomic mass is 79.9. The summed E-state index contributed by atoms with van der Waals surface area (Å²) in [4.78, 5) is 23.2. The molecule has 0 saturated heterocycles. The molecule has 1 heterocycles. The molecule has 2 aromatic rings. The second kappa shape index (κ2) is 6.76. The first-order valence-corrected chi connectivity index (χ1v) is 7.65. The number of ketones is 1. The van der Waals surface area contributed by atoms with Crippen LogP contribution in [0.4, 0.5) is 0 Å². The normalized spacial score (nSPS) is 10.8. The van der Waals surface area contributed by atoms with Crippen LogP contribution in [-0.2, 0) is 0 Å². The molecule has 0 aliphatic heterocycles. The Balaban J connectivity index is 2.22. The van der Waals surface area contributed by atoms with Crippen molar-refractivity contribution >= 4 is 45.1 Å². The summed E-state index contributed by atoms with van der Waals surface area (Å²) in [6.45, 7) is 0. The minimum absolute atomic E-state index is 0.0397. The summed E-state index contributed by atoms with van der Waals surface area (Å²) in [6, 6.07) is 5.92. The number of hydrogen-bond acceptors (Lipinski definition) is 5. The number of halogens is 1. The van der Waals surface area contributed by atoms with E-state index in [0.29, 0.717) is 20.7 Å². The van der Waals surface area contributed by atoms with Gasteiger partial charge in [0.2, 0.25) is 0 Å². The van der Waals surface area contributed by atoms with Crippen LogP contribution in [0.5, 0.6) is 11.5 Å². The lowest BCUT2D eigenvalue weighted by atomic mass is 10.1. The molecule has 0 aliphatic carbocycles. The van der Waals surface area contributed by atoms with E-state index in [2.05, 4.69) is 15.9 Å². The van der Waals surface area contributed by atoms with Gasteiger partial charge >= 0.3 is 5.97 Å². The van der Waals surface area contributed by atoms with Crippen LogP contribution in [0.25, 0.3) is 6.08 Å². The third kappa shape index (κ3) is 3.55. The van der Waals surface area contributed by atoms with Crippen LogP contribution in [0.15, 0.2) is 34.8 Å². The number of aromatic carboxylic acids is 1. The largest absolute Gasteiger partial charge is 0.504 e. The molecule has 0 radical (unpaired) electrons. The molecule has 7 heteroatoms. The summed E-state index contributed by atoms with van der Waals surface area (Å²) in [7, 11) is 1.44. The van der Waals surface area contributed by atoms with Crippen LogP contribution >= 0.6 is 27.3 Å². The highest BCUT2D eigenvalue weighted by molar-refractivity contribution is 9.10. The van der Waals surface area contributed by atoms with E-state index in [1.807, 2.05) is 0 Å². The predicted molar refractivity (Wildman–Crippen MR) is 87.0 cm³/mol. The average molecular weight is 383 g/mol. The smallest absolute Gasteiger partial charge is 0.345 e. The van der Waals surface area contributed by atoms with E-state index in [9.17, 15) is 14.7 Å². The van der Waals surface area contributed by atoms with Gasteiger partial charge in [-0.3, -0.25) is 4.79 Å². The molecule has 114 valence electrons. The maximum atomic E-state index is 12.0. The Kier molecular flexibility index (Phi) is 4.99. The fourth-order valence-electron chi connectivity index (χ4n) is 1.68. The van der Waals surface area contributed by atoms with Crippen LogP contribution < -0.4 is 4.74 Å². The standard InChI is InChI=1S/C15H11BrO5S/c1-21-12-7-9(16)8(6-11(12)18)2-3-10(17)13-4-5-14(22-13)15(19)20/h2-7,18H,1H3,(H,19,20)/b3-2+. The third-order valence-corrected chi connectivity index (χ3v) is 4.55. The topological polar surface area (TPSA) is 83.8 Å². The number of thiophene rings is 1. The summed E-state index contributed by atoms with van der Waals surface area (Å²) in [5, 5.41) is 18.6. The van der Waals surface area contributed by atoms with Gasteiger partial charge in [0, 0.05) is 4.47 Å². The van der Waals surface area contributed by atoms with Crippen LogP contribution in [0, 0.1) is 0 Å². The first kappa shape index (κ1) is 16.3. The monoisotopic (exact) mass is 382 g/mol. The average Bonchev–Trinajstić information content (AvgIpc) is 2.97. The van der Waals surface area contributed by atoms with Crippen molar-refractivity contribution in [2.75, 3.05) is 7.11 Å². The molecule has 5 nitrogen and oxygen atoms in total. The van der Waals surface area contributed by atoms with Gasteiger partial charge in [0.15, 0.2) is 17.3 Å². The summed E-state index contributed by atoms with van der Waals surface area (Å²) in [5.74, 6) is -1.09. The van der Waals surface area contributed by atoms with Crippen molar-refractivity contribution in [3.05, 3.63) is 50.1 Å². The molecule has 0 unspecified atom stereocenters. The summed E-state index contributed by atoms with van der Waals surface area (Å²) in [5.41, 5.74) is 0.599. The van der Waals surface area contributed by atoms with E-state index < -0.39 is 5.97 Å². The maximum absolute atomic E-state index is 12.0. The van der Waals surface area contributed by atoms with Crippen molar-refractivity contribution in [1.82, 2.24) is 0 Å². The van der Waals surface area contributed by atoms with Gasteiger partial charge in [-0.2, -0.15) is 0 Å². The van der Waals surface area contributed by atoms with E-state index in [0.717, 1.165) is 11.3 Å². The highest BCUT2D eigenvalue weighted by Crippen LogP contribution is 2.33. The van der Waals surface area contributed by atoms with E-state index in [-0.39, 0.29) is 16.4 Å². The molecule has 0 amide bonds. The molecule has 0 atom stereocenters. The van der Waals surface area contributed by atoms with Crippen molar-refractivity contribution in [2.45, 2.75) is 0 Å². The molecule has 22 heavy (non-hydrogen) atoms. The molecule has 0 saturated carbocycles. The number of benzene rings is 1. The lowest BCUT2D eigenvalue weighted by Crippen LogP contribution is -1.91. The molecular formula is C15H11BrO5S. The first-order chi connectivity index (χ1) is 10.4. The lowest BCUT2D eigenvalue weighted by molar-refractivity contribution is 0.0702. The van der Waals surface area contributed by atoms with Crippen LogP contribution in [0.3, 0.4) is 0 Å². The third-order valence-electron chi connectivity index (χ3n) is 2.77. The van der Waals surface area contributed by atoms with Gasteiger partial charge < -0.3 is 14.9 Å². The van der Waals surface area contributed by atoms with E-state index >= 15 is 0 Å². The van der Waals surface area contributed by atoms with Crippen molar-refractivity contribution < 1.29 is 24.5 Å². The van der Waals surface area contributed by atoms with E-state index in [4.69, 9.17) is 9.84 Å².